The summed E-state index contributed by atoms with van der Waals surface area (Å²) in [4.78, 5) is 19.3. The predicted octanol–water partition coefficient (Wildman–Crippen LogP) is 4.99. The number of H-pyrrole nitrogens is 1. The molecular weight excluding hydrogens is 392 g/mol. The lowest BCUT2D eigenvalue weighted by Gasteiger charge is -2.23. The van der Waals surface area contributed by atoms with Gasteiger partial charge in [0.15, 0.2) is 5.16 Å². The molecule has 1 heterocycles. The fourth-order valence-electron chi connectivity index (χ4n) is 3.16. The number of amides is 1. The van der Waals surface area contributed by atoms with Crippen molar-refractivity contribution in [3.8, 4) is 0 Å². The van der Waals surface area contributed by atoms with E-state index < -0.39 is 0 Å². The number of carbonyl (C=O) groups is 1. The molecule has 1 amide bonds. The van der Waals surface area contributed by atoms with Gasteiger partial charge in [-0.05, 0) is 41.8 Å². The van der Waals surface area contributed by atoms with Gasteiger partial charge in [-0.2, -0.15) is 5.10 Å². The van der Waals surface area contributed by atoms with Crippen molar-refractivity contribution in [3.05, 3.63) is 108 Å². The number of hydrogen-bond donors (Lipinski definition) is 1. The number of aromatic amines is 1. The maximum atomic E-state index is 13.3. The number of thioether (sulfide) groups is 1. The summed E-state index contributed by atoms with van der Waals surface area (Å²) >= 11 is 1.58. The predicted molar refractivity (Wildman–Crippen MR) is 121 cm³/mol. The molecule has 1 aromatic heterocycles. The number of anilines is 1. The van der Waals surface area contributed by atoms with Crippen LogP contribution in [0.25, 0.3) is 0 Å². The Morgan fingerprint density at radius 1 is 0.867 bits per heavy atom. The number of para-hydroxylation sites is 1. The van der Waals surface area contributed by atoms with Crippen molar-refractivity contribution in [2.24, 2.45) is 0 Å². The minimum atomic E-state index is 0.00608. The first-order valence-electron chi connectivity index (χ1n) is 9.77. The third kappa shape index (κ3) is 5.15. The van der Waals surface area contributed by atoms with E-state index in [1.54, 1.807) is 11.8 Å². The Labute approximate surface area is 180 Å². The van der Waals surface area contributed by atoms with Crippen molar-refractivity contribution in [1.29, 1.82) is 0 Å². The Hall–Kier alpha value is -3.38. The van der Waals surface area contributed by atoms with Crippen molar-refractivity contribution in [3.63, 3.8) is 0 Å². The van der Waals surface area contributed by atoms with Gasteiger partial charge in [0.25, 0.3) is 5.91 Å². The van der Waals surface area contributed by atoms with Crippen molar-refractivity contribution in [1.82, 2.24) is 15.2 Å². The Balaban J connectivity index is 1.47. The molecule has 150 valence electrons. The van der Waals surface area contributed by atoms with Crippen LogP contribution in [0.2, 0.25) is 0 Å². The van der Waals surface area contributed by atoms with Crippen LogP contribution in [0.15, 0.2) is 96.4 Å². The van der Waals surface area contributed by atoms with E-state index in [0.717, 1.165) is 28.6 Å². The van der Waals surface area contributed by atoms with Gasteiger partial charge >= 0.3 is 0 Å². The smallest absolute Gasteiger partial charge is 0.258 e. The molecule has 4 rings (SSSR count). The van der Waals surface area contributed by atoms with Gasteiger partial charge in [0.1, 0.15) is 6.33 Å². The molecule has 0 bridgehead atoms. The third-order valence-electron chi connectivity index (χ3n) is 4.75. The van der Waals surface area contributed by atoms with Crippen LogP contribution >= 0.6 is 11.8 Å². The summed E-state index contributed by atoms with van der Waals surface area (Å²) in [5.41, 5.74) is 3.93. The molecule has 3 aromatic carbocycles. The van der Waals surface area contributed by atoms with Crippen molar-refractivity contribution in [2.75, 3.05) is 11.4 Å². The largest absolute Gasteiger partial charge is 0.308 e. The van der Waals surface area contributed by atoms with Crippen LogP contribution in [0.5, 0.6) is 0 Å². The first kappa shape index (κ1) is 19.9. The lowest BCUT2D eigenvalue weighted by atomic mass is 10.1. The molecule has 0 radical (unpaired) electrons. The van der Waals surface area contributed by atoms with Crippen LogP contribution in [0.4, 0.5) is 5.69 Å². The summed E-state index contributed by atoms with van der Waals surface area (Å²) < 4.78 is 0. The first-order valence-corrected chi connectivity index (χ1v) is 10.8. The van der Waals surface area contributed by atoms with E-state index in [9.17, 15) is 4.79 Å². The second-order valence-corrected chi connectivity index (χ2v) is 7.77. The Kier molecular flexibility index (Phi) is 6.57. The fraction of sp³-hybridized carbons (Fsp3) is 0.125. The molecule has 0 spiro atoms. The van der Waals surface area contributed by atoms with Gasteiger partial charge in [-0.3, -0.25) is 9.89 Å². The van der Waals surface area contributed by atoms with E-state index in [1.165, 1.54) is 11.9 Å². The van der Waals surface area contributed by atoms with E-state index in [-0.39, 0.29) is 5.91 Å². The number of nitrogens with zero attached hydrogens (tertiary/aromatic N) is 3. The molecule has 0 saturated carbocycles. The summed E-state index contributed by atoms with van der Waals surface area (Å²) in [6.07, 6.45) is 2.30. The summed E-state index contributed by atoms with van der Waals surface area (Å²) in [5, 5.41) is 7.47. The molecule has 30 heavy (non-hydrogen) atoms. The first-order chi connectivity index (χ1) is 14.8. The Bertz CT molecular complexity index is 1050. The molecule has 4 aromatic rings. The highest BCUT2D eigenvalue weighted by molar-refractivity contribution is 7.98. The van der Waals surface area contributed by atoms with Crippen LogP contribution < -0.4 is 4.90 Å². The second-order valence-electron chi connectivity index (χ2n) is 6.80. The Morgan fingerprint density at radius 2 is 1.57 bits per heavy atom. The Morgan fingerprint density at radius 3 is 2.23 bits per heavy atom. The number of benzene rings is 3. The maximum absolute atomic E-state index is 13.3. The van der Waals surface area contributed by atoms with Crippen molar-refractivity contribution in [2.45, 2.75) is 17.3 Å². The quantitative estimate of drug-likeness (QED) is 0.413. The molecule has 0 atom stereocenters. The second kappa shape index (κ2) is 9.89. The van der Waals surface area contributed by atoms with Gasteiger partial charge in [-0.25, -0.2) is 4.98 Å². The zero-order valence-corrected chi connectivity index (χ0v) is 17.3. The lowest BCUT2D eigenvalue weighted by molar-refractivity contribution is 0.0987. The molecular formula is C24H22N4OS. The van der Waals surface area contributed by atoms with E-state index in [2.05, 4.69) is 27.3 Å². The number of hydrogen-bond acceptors (Lipinski definition) is 4. The van der Waals surface area contributed by atoms with Crippen molar-refractivity contribution < 1.29 is 4.79 Å². The normalized spacial score (nSPS) is 10.7. The van der Waals surface area contributed by atoms with Gasteiger partial charge < -0.3 is 4.90 Å². The minimum Gasteiger partial charge on any atom is -0.308 e. The van der Waals surface area contributed by atoms with E-state index in [4.69, 9.17) is 0 Å². The molecule has 0 aliphatic heterocycles. The molecule has 0 fully saturated rings. The minimum absolute atomic E-state index is 0.00608. The van der Waals surface area contributed by atoms with Gasteiger partial charge in [-0.1, -0.05) is 72.4 Å². The third-order valence-corrected chi connectivity index (χ3v) is 5.70. The van der Waals surface area contributed by atoms with E-state index >= 15 is 0 Å². The van der Waals surface area contributed by atoms with Crippen molar-refractivity contribution >= 4 is 23.4 Å². The van der Waals surface area contributed by atoms with Crippen LogP contribution in [-0.4, -0.2) is 27.6 Å². The van der Waals surface area contributed by atoms with E-state index in [1.807, 2.05) is 77.7 Å². The zero-order valence-electron chi connectivity index (χ0n) is 16.4. The fourth-order valence-corrected chi connectivity index (χ4v) is 3.89. The average molecular weight is 415 g/mol. The van der Waals surface area contributed by atoms with Gasteiger partial charge in [0, 0.05) is 23.5 Å². The molecule has 1 N–H and O–H groups in total. The van der Waals surface area contributed by atoms with Gasteiger partial charge in [-0.15, -0.1) is 0 Å². The topological polar surface area (TPSA) is 61.9 Å². The molecule has 5 nitrogen and oxygen atoms in total. The van der Waals surface area contributed by atoms with Crippen LogP contribution in [0, 0.1) is 0 Å². The summed E-state index contributed by atoms with van der Waals surface area (Å²) in [5.74, 6) is 0.770. The molecule has 0 aliphatic carbocycles. The SMILES string of the molecule is O=C(c1ccc(CSc2ncn[nH]2)cc1)N(CCc1ccccc1)c1ccccc1. The molecule has 0 unspecified atom stereocenters. The highest BCUT2D eigenvalue weighted by Gasteiger charge is 2.17. The van der Waals surface area contributed by atoms with Crippen LogP contribution in [0.1, 0.15) is 21.5 Å². The zero-order chi connectivity index (χ0) is 20.6. The summed E-state index contributed by atoms with van der Waals surface area (Å²) in [6.45, 7) is 0.621. The van der Waals surface area contributed by atoms with Gasteiger partial charge in [0.05, 0.1) is 0 Å². The monoisotopic (exact) mass is 414 g/mol. The number of rotatable bonds is 8. The number of aromatic nitrogens is 3. The lowest BCUT2D eigenvalue weighted by Crippen LogP contribution is -2.32. The number of carbonyl (C=O) groups excluding carboxylic acids is 1. The summed E-state index contributed by atoms with van der Waals surface area (Å²) in [7, 11) is 0. The molecule has 6 heteroatoms. The highest BCUT2D eigenvalue weighted by Crippen LogP contribution is 2.21. The molecule has 0 aliphatic rings. The average Bonchev–Trinajstić information content (AvgIpc) is 3.33. The maximum Gasteiger partial charge on any atom is 0.258 e. The molecule has 0 saturated heterocycles. The van der Waals surface area contributed by atoms with Crippen LogP contribution in [0.3, 0.4) is 0 Å². The van der Waals surface area contributed by atoms with Crippen LogP contribution in [-0.2, 0) is 12.2 Å². The number of nitrogens with one attached hydrogen (secondary N) is 1. The standard InChI is InChI=1S/C24H22N4OS/c29-23(21-13-11-20(12-14-21)17-30-24-25-18-26-27-24)28(22-9-5-2-6-10-22)16-15-19-7-3-1-4-8-19/h1-14,18H,15-17H2,(H,25,26,27). The van der Waals surface area contributed by atoms with Gasteiger partial charge in [0.2, 0.25) is 0 Å². The highest BCUT2D eigenvalue weighted by atomic mass is 32.2. The van der Waals surface area contributed by atoms with E-state index in [0.29, 0.717) is 12.1 Å². The summed E-state index contributed by atoms with van der Waals surface area (Å²) in [6, 6.07) is 27.9.